The number of carbonyl (C=O) groups excluding carboxylic acids is 1. The molecule has 0 fully saturated rings. The van der Waals surface area contributed by atoms with Crippen LogP contribution in [0, 0.1) is 20.8 Å². The molecule has 0 saturated carbocycles. The van der Waals surface area contributed by atoms with Crippen molar-refractivity contribution < 1.29 is 9.53 Å². The smallest absolute Gasteiger partial charge is 0.241 e. The van der Waals surface area contributed by atoms with Gasteiger partial charge in [-0.1, -0.05) is 6.07 Å². The Kier molecular flexibility index (Phi) is 4.12. The first-order valence-electron chi connectivity index (χ1n) is 5.59. The maximum absolute atomic E-state index is 11.6. The van der Waals surface area contributed by atoms with Gasteiger partial charge in [-0.15, -0.1) is 0 Å². The van der Waals surface area contributed by atoms with Gasteiger partial charge >= 0.3 is 0 Å². The maximum atomic E-state index is 11.6. The predicted molar refractivity (Wildman–Crippen MR) is 68.0 cm³/mol. The summed E-state index contributed by atoms with van der Waals surface area (Å²) < 4.78 is 5.35. The molecule has 4 nitrogen and oxygen atoms in total. The number of ether oxygens (including phenoxy) is 1. The molecule has 1 atom stereocenters. The maximum Gasteiger partial charge on any atom is 0.241 e. The molecule has 1 amide bonds. The van der Waals surface area contributed by atoms with E-state index in [1.165, 1.54) is 0 Å². The van der Waals surface area contributed by atoms with Gasteiger partial charge in [0.25, 0.3) is 0 Å². The van der Waals surface area contributed by atoms with Gasteiger partial charge in [0, 0.05) is 0 Å². The van der Waals surface area contributed by atoms with E-state index in [-0.39, 0.29) is 11.8 Å². The van der Waals surface area contributed by atoms with Crippen LogP contribution in [0.2, 0.25) is 0 Å². The quantitative estimate of drug-likeness (QED) is 0.477. The van der Waals surface area contributed by atoms with Crippen LogP contribution in [0.5, 0.6) is 5.75 Å². The summed E-state index contributed by atoms with van der Waals surface area (Å²) in [5.74, 6) is 5.61. The van der Waals surface area contributed by atoms with Gasteiger partial charge in [0.2, 0.25) is 5.91 Å². The third kappa shape index (κ3) is 2.42. The number of hydrogen-bond acceptors (Lipinski definition) is 3. The second-order valence-corrected chi connectivity index (χ2v) is 4.30. The number of carbonyl (C=O) groups is 1. The summed E-state index contributed by atoms with van der Waals surface area (Å²) in [6.45, 7) is 7.81. The average molecular weight is 236 g/mol. The zero-order valence-corrected chi connectivity index (χ0v) is 11.0. The summed E-state index contributed by atoms with van der Waals surface area (Å²) in [6, 6.07) is 1.99. The number of amides is 1. The molecule has 0 heterocycles. The minimum absolute atomic E-state index is 0.183. The van der Waals surface area contributed by atoms with E-state index < -0.39 is 0 Å². The minimum Gasteiger partial charge on any atom is -0.496 e. The average Bonchev–Trinajstić information content (AvgIpc) is 2.32. The van der Waals surface area contributed by atoms with Gasteiger partial charge in [-0.2, -0.15) is 0 Å². The predicted octanol–water partition coefficient (Wildman–Crippen LogP) is 1.71. The molecule has 1 aromatic rings. The molecular formula is C13H20N2O2. The lowest BCUT2D eigenvalue weighted by molar-refractivity contribution is -0.122. The van der Waals surface area contributed by atoms with Crippen LogP contribution >= 0.6 is 0 Å². The first-order valence-corrected chi connectivity index (χ1v) is 5.59. The van der Waals surface area contributed by atoms with Crippen LogP contribution in [-0.2, 0) is 4.79 Å². The Labute approximate surface area is 102 Å². The SMILES string of the molecule is COc1c(C)cc(C(C)C(=O)NN)c(C)c1C. The van der Waals surface area contributed by atoms with Crippen LogP contribution in [-0.4, -0.2) is 13.0 Å². The lowest BCUT2D eigenvalue weighted by Crippen LogP contribution is -2.34. The largest absolute Gasteiger partial charge is 0.496 e. The molecule has 0 radical (unpaired) electrons. The minimum atomic E-state index is -0.261. The van der Waals surface area contributed by atoms with Crippen LogP contribution < -0.4 is 16.0 Å². The van der Waals surface area contributed by atoms with Gasteiger partial charge in [0.05, 0.1) is 13.0 Å². The molecule has 0 aromatic heterocycles. The van der Waals surface area contributed by atoms with Crippen LogP contribution in [0.15, 0.2) is 6.07 Å². The van der Waals surface area contributed by atoms with Crippen molar-refractivity contribution in [2.24, 2.45) is 5.84 Å². The van der Waals surface area contributed by atoms with Crippen molar-refractivity contribution in [3.05, 3.63) is 28.3 Å². The highest BCUT2D eigenvalue weighted by Crippen LogP contribution is 2.32. The first kappa shape index (κ1) is 13.5. The van der Waals surface area contributed by atoms with E-state index in [2.05, 4.69) is 5.43 Å². The standard InChI is InChI=1S/C13H20N2O2/c1-7-6-11(10(4)13(16)15-14)8(2)9(3)12(7)17-5/h6,10H,14H2,1-5H3,(H,15,16). The van der Waals surface area contributed by atoms with Gasteiger partial charge in [-0.3, -0.25) is 10.2 Å². The number of nitrogens with one attached hydrogen (secondary N) is 1. The molecule has 0 spiro atoms. The van der Waals surface area contributed by atoms with Crippen LogP contribution in [0.3, 0.4) is 0 Å². The van der Waals surface area contributed by atoms with Crippen molar-refractivity contribution in [2.45, 2.75) is 33.6 Å². The van der Waals surface area contributed by atoms with Gasteiger partial charge in [0.1, 0.15) is 5.75 Å². The van der Waals surface area contributed by atoms with Gasteiger partial charge < -0.3 is 4.74 Å². The fourth-order valence-electron chi connectivity index (χ4n) is 2.12. The van der Waals surface area contributed by atoms with Crippen molar-refractivity contribution in [1.29, 1.82) is 0 Å². The number of nitrogens with two attached hydrogens (primary N) is 1. The highest BCUT2D eigenvalue weighted by atomic mass is 16.5. The highest BCUT2D eigenvalue weighted by molar-refractivity contribution is 5.83. The molecule has 3 N–H and O–H groups in total. The Hall–Kier alpha value is -1.55. The van der Waals surface area contributed by atoms with Crippen molar-refractivity contribution in [2.75, 3.05) is 7.11 Å². The summed E-state index contributed by atoms with van der Waals surface area (Å²) in [4.78, 5) is 11.6. The van der Waals surface area contributed by atoms with E-state index in [0.29, 0.717) is 0 Å². The summed E-state index contributed by atoms with van der Waals surface area (Å²) in [6.07, 6.45) is 0. The third-order valence-electron chi connectivity index (χ3n) is 3.27. The highest BCUT2D eigenvalue weighted by Gasteiger charge is 2.19. The normalized spacial score (nSPS) is 12.1. The third-order valence-corrected chi connectivity index (χ3v) is 3.27. The molecule has 1 unspecified atom stereocenters. The molecule has 1 rings (SSSR count). The lowest BCUT2D eigenvalue weighted by Gasteiger charge is -2.19. The Bertz CT molecular complexity index is 442. The molecule has 17 heavy (non-hydrogen) atoms. The molecule has 4 heteroatoms. The van der Waals surface area contributed by atoms with Crippen molar-refractivity contribution in [3.63, 3.8) is 0 Å². The Balaban J connectivity index is 3.32. The van der Waals surface area contributed by atoms with Gasteiger partial charge in [-0.05, 0) is 49.9 Å². The number of rotatable bonds is 3. The zero-order valence-electron chi connectivity index (χ0n) is 11.0. The number of hydrogen-bond donors (Lipinski definition) is 2. The van der Waals surface area contributed by atoms with Crippen LogP contribution in [0.4, 0.5) is 0 Å². The number of aryl methyl sites for hydroxylation is 1. The van der Waals surface area contributed by atoms with E-state index in [1.807, 2.05) is 33.8 Å². The van der Waals surface area contributed by atoms with E-state index >= 15 is 0 Å². The summed E-state index contributed by atoms with van der Waals surface area (Å²) in [5.41, 5.74) is 6.35. The fraction of sp³-hybridized carbons (Fsp3) is 0.462. The number of benzene rings is 1. The first-order chi connectivity index (χ1) is 7.93. The summed E-state index contributed by atoms with van der Waals surface area (Å²) in [5, 5.41) is 0. The van der Waals surface area contributed by atoms with Crippen molar-refractivity contribution in [1.82, 2.24) is 5.43 Å². The molecular weight excluding hydrogens is 216 g/mol. The molecule has 0 saturated heterocycles. The Morgan fingerprint density at radius 3 is 2.41 bits per heavy atom. The molecule has 1 aromatic carbocycles. The summed E-state index contributed by atoms with van der Waals surface area (Å²) >= 11 is 0. The van der Waals surface area contributed by atoms with Gasteiger partial charge in [0.15, 0.2) is 0 Å². The fourth-order valence-corrected chi connectivity index (χ4v) is 2.12. The van der Waals surface area contributed by atoms with Gasteiger partial charge in [-0.25, -0.2) is 5.84 Å². The van der Waals surface area contributed by atoms with Crippen LogP contribution in [0.1, 0.15) is 35.1 Å². The second kappa shape index (κ2) is 5.19. The van der Waals surface area contributed by atoms with Crippen LogP contribution in [0.25, 0.3) is 0 Å². The number of hydrazine groups is 1. The molecule has 0 bridgehead atoms. The second-order valence-electron chi connectivity index (χ2n) is 4.30. The van der Waals surface area contributed by atoms with E-state index in [1.54, 1.807) is 7.11 Å². The molecule has 0 aliphatic heterocycles. The Morgan fingerprint density at radius 2 is 1.94 bits per heavy atom. The van der Waals surface area contributed by atoms with E-state index in [4.69, 9.17) is 10.6 Å². The van der Waals surface area contributed by atoms with Crippen molar-refractivity contribution >= 4 is 5.91 Å². The molecule has 0 aliphatic rings. The monoisotopic (exact) mass is 236 g/mol. The number of methoxy groups -OCH3 is 1. The zero-order chi connectivity index (χ0) is 13.2. The van der Waals surface area contributed by atoms with E-state index in [9.17, 15) is 4.79 Å². The van der Waals surface area contributed by atoms with Crippen molar-refractivity contribution in [3.8, 4) is 5.75 Å². The van der Waals surface area contributed by atoms with E-state index in [0.717, 1.165) is 28.0 Å². The molecule has 0 aliphatic carbocycles. The Morgan fingerprint density at radius 1 is 1.35 bits per heavy atom. The topological polar surface area (TPSA) is 64.3 Å². The molecule has 94 valence electrons. The lowest BCUT2D eigenvalue weighted by atomic mass is 9.90. The summed E-state index contributed by atoms with van der Waals surface area (Å²) in [7, 11) is 1.66.